The van der Waals surface area contributed by atoms with E-state index in [0.29, 0.717) is 12.3 Å². The summed E-state index contributed by atoms with van der Waals surface area (Å²) in [6.07, 6.45) is 5.04. The Kier molecular flexibility index (Phi) is 6.36. The molecule has 0 aromatic heterocycles. The lowest BCUT2D eigenvalue weighted by Gasteiger charge is -2.18. The molecule has 0 aliphatic heterocycles. The van der Waals surface area contributed by atoms with Crippen molar-refractivity contribution in [3.63, 3.8) is 0 Å². The van der Waals surface area contributed by atoms with Crippen LogP contribution in [-0.4, -0.2) is 26.5 Å². The van der Waals surface area contributed by atoms with E-state index in [9.17, 15) is 8.42 Å². The molecule has 0 aromatic carbocycles. The Morgan fingerprint density at radius 1 is 1.29 bits per heavy atom. The SMILES string of the molecule is CCCC(C)C(N)CCCS(C)(=O)=O. The second-order valence-electron chi connectivity index (χ2n) is 4.20. The maximum Gasteiger partial charge on any atom is 0.147 e. The van der Waals surface area contributed by atoms with E-state index in [4.69, 9.17) is 5.73 Å². The highest BCUT2D eigenvalue weighted by Crippen LogP contribution is 2.13. The van der Waals surface area contributed by atoms with Gasteiger partial charge in [0.15, 0.2) is 0 Å². The smallest absolute Gasteiger partial charge is 0.147 e. The summed E-state index contributed by atoms with van der Waals surface area (Å²) in [4.78, 5) is 0. The monoisotopic (exact) mass is 221 g/mol. The molecule has 0 amide bonds. The molecule has 2 unspecified atom stereocenters. The van der Waals surface area contributed by atoms with Crippen molar-refractivity contribution in [1.29, 1.82) is 0 Å². The number of hydrogen-bond donors (Lipinski definition) is 1. The van der Waals surface area contributed by atoms with Crippen LogP contribution in [0.4, 0.5) is 0 Å². The summed E-state index contributed by atoms with van der Waals surface area (Å²) in [6.45, 7) is 4.27. The zero-order valence-corrected chi connectivity index (χ0v) is 10.3. The maximum atomic E-state index is 10.9. The van der Waals surface area contributed by atoms with Gasteiger partial charge >= 0.3 is 0 Å². The molecular weight excluding hydrogens is 198 g/mol. The molecule has 3 nitrogen and oxygen atoms in total. The van der Waals surface area contributed by atoms with Crippen molar-refractivity contribution in [3.05, 3.63) is 0 Å². The van der Waals surface area contributed by atoms with E-state index >= 15 is 0 Å². The van der Waals surface area contributed by atoms with Gasteiger partial charge < -0.3 is 5.73 Å². The number of rotatable bonds is 7. The second kappa shape index (κ2) is 6.40. The molecule has 4 heteroatoms. The summed E-state index contributed by atoms with van der Waals surface area (Å²) in [5, 5.41) is 0. The van der Waals surface area contributed by atoms with Crippen LogP contribution in [0.15, 0.2) is 0 Å². The van der Waals surface area contributed by atoms with Gasteiger partial charge in [0.25, 0.3) is 0 Å². The van der Waals surface area contributed by atoms with E-state index in [1.54, 1.807) is 0 Å². The van der Waals surface area contributed by atoms with Gasteiger partial charge in [-0.15, -0.1) is 0 Å². The van der Waals surface area contributed by atoms with Gasteiger partial charge in [0.05, 0.1) is 0 Å². The first-order chi connectivity index (χ1) is 6.37. The molecule has 0 rings (SSSR count). The van der Waals surface area contributed by atoms with E-state index in [1.165, 1.54) is 6.26 Å². The van der Waals surface area contributed by atoms with Crippen molar-refractivity contribution in [2.45, 2.75) is 45.6 Å². The minimum atomic E-state index is -2.81. The van der Waals surface area contributed by atoms with Gasteiger partial charge in [0, 0.05) is 18.1 Å². The fraction of sp³-hybridized carbons (Fsp3) is 1.00. The van der Waals surface area contributed by atoms with Gasteiger partial charge in [-0.05, 0) is 25.2 Å². The average molecular weight is 221 g/mol. The van der Waals surface area contributed by atoms with Gasteiger partial charge in [0.1, 0.15) is 9.84 Å². The van der Waals surface area contributed by atoms with Crippen molar-refractivity contribution in [1.82, 2.24) is 0 Å². The molecule has 0 fully saturated rings. The van der Waals surface area contributed by atoms with E-state index < -0.39 is 9.84 Å². The van der Waals surface area contributed by atoms with Crippen molar-refractivity contribution in [3.8, 4) is 0 Å². The Morgan fingerprint density at radius 3 is 2.29 bits per heavy atom. The Hall–Kier alpha value is -0.0900. The first-order valence-corrected chi connectivity index (χ1v) is 7.36. The largest absolute Gasteiger partial charge is 0.327 e. The first-order valence-electron chi connectivity index (χ1n) is 5.30. The fourth-order valence-corrected chi connectivity index (χ4v) is 2.23. The molecule has 0 saturated heterocycles. The average Bonchev–Trinajstić information content (AvgIpc) is 2.02. The summed E-state index contributed by atoms with van der Waals surface area (Å²) < 4.78 is 21.7. The summed E-state index contributed by atoms with van der Waals surface area (Å²) in [7, 11) is -2.81. The summed E-state index contributed by atoms with van der Waals surface area (Å²) in [6, 6.07) is 0.150. The van der Waals surface area contributed by atoms with Gasteiger partial charge in [-0.1, -0.05) is 20.3 Å². The molecule has 0 radical (unpaired) electrons. The molecule has 0 bridgehead atoms. The third kappa shape index (κ3) is 7.33. The molecular formula is C10H23NO2S. The highest BCUT2D eigenvalue weighted by Gasteiger charge is 2.12. The Morgan fingerprint density at radius 2 is 1.86 bits per heavy atom. The van der Waals surface area contributed by atoms with Crippen molar-refractivity contribution >= 4 is 9.84 Å². The van der Waals surface area contributed by atoms with Crippen LogP contribution in [0.2, 0.25) is 0 Å². The lowest BCUT2D eigenvalue weighted by Crippen LogP contribution is -2.28. The molecule has 14 heavy (non-hydrogen) atoms. The predicted octanol–water partition coefficient (Wildman–Crippen LogP) is 1.57. The predicted molar refractivity (Wildman–Crippen MR) is 61.0 cm³/mol. The molecule has 2 N–H and O–H groups in total. The molecule has 0 heterocycles. The van der Waals surface area contributed by atoms with E-state index in [2.05, 4.69) is 13.8 Å². The normalized spacial score (nSPS) is 16.6. The Balaban J connectivity index is 3.68. The van der Waals surface area contributed by atoms with Crippen LogP contribution in [0.1, 0.15) is 39.5 Å². The standard InChI is InChI=1S/C10H23NO2S/c1-4-6-9(2)10(11)7-5-8-14(3,12)13/h9-10H,4-8,11H2,1-3H3. The third-order valence-electron chi connectivity index (χ3n) is 2.53. The highest BCUT2D eigenvalue weighted by atomic mass is 32.2. The van der Waals surface area contributed by atoms with Crippen LogP contribution in [0, 0.1) is 5.92 Å². The highest BCUT2D eigenvalue weighted by molar-refractivity contribution is 7.90. The zero-order chi connectivity index (χ0) is 11.2. The second-order valence-corrected chi connectivity index (χ2v) is 6.46. The number of sulfone groups is 1. The van der Waals surface area contributed by atoms with Gasteiger partial charge in [-0.25, -0.2) is 8.42 Å². The molecule has 0 aliphatic rings. The Bertz CT molecular complexity index is 237. The third-order valence-corrected chi connectivity index (χ3v) is 3.56. The minimum Gasteiger partial charge on any atom is -0.327 e. The summed E-state index contributed by atoms with van der Waals surface area (Å²) in [5.41, 5.74) is 5.94. The van der Waals surface area contributed by atoms with Crippen molar-refractivity contribution in [2.24, 2.45) is 11.7 Å². The molecule has 2 atom stereocenters. The molecule has 0 aliphatic carbocycles. The Labute approximate surface area is 88.0 Å². The van der Waals surface area contributed by atoms with E-state index in [1.807, 2.05) is 0 Å². The quantitative estimate of drug-likeness (QED) is 0.710. The molecule has 0 saturated carbocycles. The first kappa shape index (κ1) is 13.9. The van der Waals surface area contributed by atoms with E-state index in [-0.39, 0.29) is 11.8 Å². The molecule has 86 valence electrons. The zero-order valence-electron chi connectivity index (χ0n) is 9.49. The van der Waals surface area contributed by atoms with Gasteiger partial charge in [-0.2, -0.15) is 0 Å². The lowest BCUT2D eigenvalue weighted by atomic mass is 9.94. The summed E-state index contributed by atoms with van der Waals surface area (Å²) >= 11 is 0. The van der Waals surface area contributed by atoms with Crippen molar-refractivity contribution in [2.75, 3.05) is 12.0 Å². The van der Waals surface area contributed by atoms with Crippen LogP contribution >= 0.6 is 0 Å². The maximum absolute atomic E-state index is 10.9. The van der Waals surface area contributed by atoms with Crippen LogP contribution < -0.4 is 5.73 Å². The summed E-state index contributed by atoms with van der Waals surface area (Å²) in [5.74, 6) is 0.763. The van der Waals surface area contributed by atoms with Gasteiger partial charge in [-0.3, -0.25) is 0 Å². The van der Waals surface area contributed by atoms with Crippen LogP contribution in [0.5, 0.6) is 0 Å². The van der Waals surface area contributed by atoms with Crippen molar-refractivity contribution < 1.29 is 8.42 Å². The molecule has 0 aromatic rings. The van der Waals surface area contributed by atoms with Crippen LogP contribution in [0.3, 0.4) is 0 Å². The minimum absolute atomic E-state index is 0.150. The number of hydrogen-bond acceptors (Lipinski definition) is 3. The molecule has 0 spiro atoms. The van der Waals surface area contributed by atoms with Crippen LogP contribution in [-0.2, 0) is 9.84 Å². The van der Waals surface area contributed by atoms with E-state index in [0.717, 1.165) is 19.3 Å². The number of nitrogens with two attached hydrogens (primary N) is 1. The van der Waals surface area contributed by atoms with Gasteiger partial charge in [0.2, 0.25) is 0 Å². The van der Waals surface area contributed by atoms with Crippen LogP contribution in [0.25, 0.3) is 0 Å². The lowest BCUT2D eigenvalue weighted by molar-refractivity contribution is 0.399. The topological polar surface area (TPSA) is 60.2 Å². The fourth-order valence-electron chi connectivity index (χ4n) is 1.54.